The fraction of sp³-hybridized carbons (Fsp3) is 0.258. The maximum Gasteiger partial charge on any atom is 0.254 e. The van der Waals surface area contributed by atoms with Gasteiger partial charge < -0.3 is 14.7 Å². The Morgan fingerprint density at radius 2 is 1.55 bits per heavy atom. The Bertz CT molecular complexity index is 1510. The highest BCUT2D eigenvalue weighted by Gasteiger charge is 2.23. The predicted molar refractivity (Wildman–Crippen MR) is 159 cm³/mol. The van der Waals surface area contributed by atoms with Crippen molar-refractivity contribution >= 4 is 40.8 Å². The normalized spacial score (nSPS) is 15.2. The molecule has 1 fully saturated rings. The van der Waals surface area contributed by atoms with E-state index < -0.39 is 0 Å². The lowest BCUT2D eigenvalue weighted by Gasteiger charge is -2.36. The molecule has 0 aliphatic carbocycles. The van der Waals surface area contributed by atoms with Crippen molar-refractivity contribution in [2.24, 2.45) is 0 Å². The van der Waals surface area contributed by atoms with E-state index in [0.29, 0.717) is 60.0 Å². The first kappa shape index (κ1) is 26.6. The zero-order chi connectivity index (χ0) is 27.5. The number of para-hydroxylation sites is 1. The van der Waals surface area contributed by atoms with Crippen LogP contribution >= 0.6 is 23.4 Å². The fourth-order valence-electron chi connectivity index (χ4n) is 5.24. The molecule has 0 radical (unpaired) electrons. The Labute approximate surface area is 242 Å². The highest BCUT2D eigenvalue weighted by atomic mass is 35.5. The summed E-state index contributed by atoms with van der Waals surface area (Å²) in [5.41, 5.74) is 4.96. The number of aromatic nitrogens is 2. The number of fused-ring (bicyclic) bond motifs is 1. The molecule has 40 heavy (non-hydrogen) atoms. The van der Waals surface area contributed by atoms with Crippen molar-refractivity contribution in [2.45, 2.75) is 23.9 Å². The van der Waals surface area contributed by atoms with Crippen molar-refractivity contribution in [2.75, 3.05) is 42.5 Å². The van der Waals surface area contributed by atoms with Gasteiger partial charge in [0.15, 0.2) is 5.16 Å². The molecule has 2 aliphatic heterocycles. The Kier molecular flexibility index (Phi) is 7.89. The van der Waals surface area contributed by atoms with Crippen molar-refractivity contribution in [3.05, 3.63) is 112 Å². The second kappa shape index (κ2) is 11.9. The van der Waals surface area contributed by atoms with E-state index in [0.717, 1.165) is 24.3 Å². The molecule has 0 saturated carbocycles. The van der Waals surface area contributed by atoms with Crippen LogP contribution in [-0.2, 0) is 18.7 Å². The van der Waals surface area contributed by atoms with Gasteiger partial charge in [-0.3, -0.25) is 4.79 Å². The number of hydrogen-bond acceptors (Lipinski definition) is 6. The van der Waals surface area contributed by atoms with Crippen LogP contribution in [0.1, 0.15) is 27.0 Å². The molecule has 6 nitrogen and oxygen atoms in total. The molecule has 1 amide bonds. The fourth-order valence-corrected chi connectivity index (χ4v) is 6.28. The zero-order valence-electron chi connectivity index (χ0n) is 22.0. The number of hydrogen-bond donors (Lipinski definition) is 0. The molecule has 2 aliphatic rings. The third kappa shape index (κ3) is 5.93. The van der Waals surface area contributed by atoms with Gasteiger partial charge >= 0.3 is 0 Å². The minimum absolute atomic E-state index is 0.0617. The van der Waals surface area contributed by atoms with Crippen LogP contribution in [0.15, 0.2) is 84.0 Å². The van der Waals surface area contributed by atoms with E-state index in [1.807, 2.05) is 47.4 Å². The maximum absolute atomic E-state index is 14.2. The van der Waals surface area contributed by atoms with Gasteiger partial charge in [-0.2, -0.15) is 0 Å². The largest absolute Gasteiger partial charge is 0.366 e. The van der Waals surface area contributed by atoms with E-state index in [-0.39, 0.29) is 11.7 Å². The highest BCUT2D eigenvalue weighted by molar-refractivity contribution is 7.98. The minimum atomic E-state index is -0.200. The van der Waals surface area contributed by atoms with Crippen LogP contribution in [-0.4, -0.2) is 53.5 Å². The first-order chi connectivity index (χ1) is 19.5. The molecule has 4 aromatic rings. The molecule has 204 valence electrons. The average Bonchev–Trinajstić information content (AvgIpc) is 3.00. The third-order valence-electron chi connectivity index (χ3n) is 7.44. The van der Waals surface area contributed by atoms with E-state index in [9.17, 15) is 9.18 Å². The summed E-state index contributed by atoms with van der Waals surface area (Å²) < 4.78 is 14.2. The summed E-state index contributed by atoms with van der Waals surface area (Å²) in [6.07, 6.45) is 0.888. The number of piperazine rings is 1. The lowest BCUT2D eigenvalue weighted by atomic mass is 9.99. The van der Waals surface area contributed by atoms with Gasteiger partial charge in [-0.25, -0.2) is 14.4 Å². The number of halogens is 2. The molecule has 9 heteroatoms. The van der Waals surface area contributed by atoms with Gasteiger partial charge in [0.1, 0.15) is 16.8 Å². The van der Waals surface area contributed by atoms with Crippen molar-refractivity contribution in [1.82, 2.24) is 14.9 Å². The second-order valence-corrected chi connectivity index (χ2v) is 11.3. The van der Waals surface area contributed by atoms with Crippen molar-refractivity contribution in [3.8, 4) is 0 Å². The van der Waals surface area contributed by atoms with Crippen molar-refractivity contribution in [1.29, 1.82) is 0 Å². The van der Waals surface area contributed by atoms with Crippen LogP contribution in [0, 0.1) is 5.82 Å². The Morgan fingerprint density at radius 1 is 0.850 bits per heavy atom. The number of carbonyl (C=O) groups excluding carboxylic acids is 1. The molecule has 6 rings (SSSR count). The van der Waals surface area contributed by atoms with E-state index >= 15 is 0 Å². The van der Waals surface area contributed by atoms with Gasteiger partial charge in [-0.15, -0.1) is 0 Å². The van der Waals surface area contributed by atoms with E-state index in [4.69, 9.17) is 16.6 Å². The van der Waals surface area contributed by atoms with Crippen LogP contribution in [0.4, 0.5) is 15.9 Å². The van der Waals surface area contributed by atoms with Gasteiger partial charge in [-0.05, 0) is 47.4 Å². The molecule has 1 saturated heterocycles. The Hall–Kier alpha value is -3.62. The summed E-state index contributed by atoms with van der Waals surface area (Å²) in [6, 6.07) is 24.8. The van der Waals surface area contributed by atoms with Gasteiger partial charge in [0, 0.05) is 56.7 Å². The number of nitrogens with zero attached hydrogens (tertiary/aromatic N) is 5. The number of amides is 1. The minimum Gasteiger partial charge on any atom is -0.366 e. The maximum atomic E-state index is 14.2. The molecule has 1 aromatic heterocycles. The smallest absolute Gasteiger partial charge is 0.254 e. The second-order valence-electron chi connectivity index (χ2n) is 9.99. The molecule has 0 spiro atoms. The van der Waals surface area contributed by atoms with Gasteiger partial charge in [0.2, 0.25) is 0 Å². The number of rotatable bonds is 6. The molecule has 3 aromatic carbocycles. The monoisotopic (exact) mass is 573 g/mol. The first-order valence-corrected chi connectivity index (χ1v) is 14.8. The number of benzene rings is 3. The van der Waals surface area contributed by atoms with E-state index in [1.54, 1.807) is 12.1 Å². The lowest BCUT2D eigenvalue weighted by Crippen LogP contribution is -2.47. The summed E-state index contributed by atoms with van der Waals surface area (Å²) >= 11 is 7.88. The van der Waals surface area contributed by atoms with Gasteiger partial charge in [0.05, 0.1) is 5.69 Å². The summed E-state index contributed by atoms with van der Waals surface area (Å²) in [5, 5.41) is 0.999. The Balaban J connectivity index is 1.05. The number of thioether (sulfide) groups is 1. The molecular weight excluding hydrogens is 545 g/mol. The van der Waals surface area contributed by atoms with Crippen LogP contribution in [0.5, 0.6) is 0 Å². The standard InChI is InChI=1S/C31H29ClFN5OS/c32-28-19-29(37-17-15-36(16-18-37)27-8-4-3-7-26(27)33)35-31(34-28)40-21-22-9-11-24(12-10-22)30(39)38-14-13-23-5-1-2-6-25(23)20-38/h1-12,19H,13-18,20-21H2. The molecule has 0 bridgehead atoms. The predicted octanol–water partition coefficient (Wildman–Crippen LogP) is 6.09. The third-order valence-corrected chi connectivity index (χ3v) is 8.56. The van der Waals surface area contributed by atoms with Crippen molar-refractivity contribution < 1.29 is 9.18 Å². The summed E-state index contributed by atoms with van der Waals surface area (Å²) in [7, 11) is 0. The summed E-state index contributed by atoms with van der Waals surface area (Å²) in [5.74, 6) is 1.30. The molecular formula is C31H29ClFN5OS. The highest BCUT2D eigenvalue weighted by Crippen LogP contribution is 2.27. The van der Waals surface area contributed by atoms with Crippen LogP contribution in [0.2, 0.25) is 5.15 Å². The molecule has 0 N–H and O–H groups in total. The van der Waals surface area contributed by atoms with E-state index in [2.05, 4.69) is 33.0 Å². The summed E-state index contributed by atoms with van der Waals surface area (Å²) in [4.78, 5) is 28.4. The number of anilines is 2. The topological polar surface area (TPSA) is 52.6 Å². The molecule has 0 atom stereocenters. The van der Waals surface area contributed by atoms with Crippen LogP contribution in [0.3, 0.4) is 0 Å². The van der Waals surface area contributed by atoms with Gasteiger partial charge in [0.25, 0.3) is 5.91 Å². The zero-order valence-corrected chi connectivity index (χ0v) is 23.5. The quantitative estimate of drug-likeness (QED) is 0.158. The summed E-state index contributed by atoms with van der Waals surface area (Å²) in [6.45, 7) is 4.20. The first-order valence-electron chi connectivity index (χ1n) is 13.4. The van der Waals surface area contributed by atoms with Crippen LogP contribution < -0.4 is 9.80 Å². The van der Waals surface area contributed by atoms with E-state index in [1.165, 1.54) is 29.0 Å². The van der Waals surface area contributed by atoms with Gasteiger partial charge in [-0.1, -0.05) is 71.9 Å². The van der Waals surface area contributed by atoms with Crippen molar-refractivity contribution in [3.63, 3.8) is 0 Å². The average molecular weight is 574 g/mol. The van der Waals surface area contributed by atoms with Crippen LogP contribution in [0.25, 0.3) is 0 Å². The lowest BCUT2D eigenvalue weighted by molar-refractivity contribution is 0.0734. The molecule has 0 unspecified atom stereocenters. The number of carbonyl (C=O) groups is 1. The Morgan fingerprint density at radius 3 is 2.33 bits per heavy atom. The molecule has 3 heterocycles. The SMILES string of the molecule is O=C(c1ccc(CSc2nc(Cl)cc(N3CCN(c4ccccc4F)CC3)n2)cc1)N1CCc2ccccc2C1.